The Morgan fingerprint density at radius 3 is 2.80 bits per heavy atom. The van der Waals surface area contributed by atoms with E-state index < -0.39 is 5.97 Å². The van der Waals surface area contributed by atoms with Crippen LogP contribution in [0.4, 0.5) is 5.69 Å². The van der Waals surface area contributed by atoms with Gasteiger partial charge in [0.05, 0.1) is 19.0 Å². The van der Waals surface area contributed by atoms with Crippen molar-refractivity contribution in [2.45, 2.75) is 45.7 Å². The topological polar surface area (TPSA) is 73.2 Å². The lowest BCUT2D eigenvalue weighted by atomic mass is 10.1. The molecule has 0 aliphatic carbocycles. The molecule has 1 atom stereocenters. The van der Waals surface area contributed by atoms with Crippen molar-refractivity contribution in [3.63, 3.8) is 0 Å². The van der Waals surface area contributed by atoms with E-state index in [9.17, 15) is 9.59 Å². The molecule has 6 nitrogen and oxygen atoms in total. The molecule has 0 spiro atoms. The normalized spacial score (nSPS) is 12.0. The van der Waals surface area contributed by atoms with Crippen LogP contribution in [0.1, 0.15) is 33.1 Å². The first-order chi connectivity index (χ1) is 9.53. The third-order valence-corrected chi connectivity index (χ3v) is 3.75. The number of hydrogen-bond donors (Lipinski definition) is 1. The summed E-state index contributed by atoms with van der Waals surface area (Å²) in [6.45, 7) is 4.01. The molecule has 0 radical (unpaired) electrons. The number of anilines is 1. The number of ether oxygens (including phenoxy) is 1. The second-order valence-electron chi connectivity index (χ2n) is 4.45. The molecule has 0 aliphatic heterocycles. The number of esters is 1. The van der Waals surface area contributed by atoms with Crippen LogP contribution in [0.5, 0.6) is 0 Å². The molecule has 1 rings (SSSR count). The van der Waals surface area contributed by atoms with E-state index in [1.165, 1.54) is 7.11 Å². The summed E-state index contributed by atoms with van der Waals surface area (Å²) in [6, 6.07) is 0.300. The maximum absolute atomic E-state index is 12.1. The Morgan fingerprint density at radius 1 is 1.55 bits per heavy atom. The van der Waals surface area contributed by atoms with Crippen molar-refractivity contribution in [3.05, 3.63) is 21.0 Å². The van der Waals surface area contributed by atoms with Gasteiger partial charge in [-0.3, -0.25) is 9.59 Å². The second kappa shape index (κ2) is 8.04. The van der Waals surface area contributed by atoms with Gasteiger partial charge < -0.3 is 10.1 Å². The van der Waals surface area contributed by atoms with Gasteiger partial charge in [0.1, 0.15) is 11.0 Å². The van der Waals surface area contributed by atoms with E-state index in [0.29, 0.717) is 16.2 Å². The fourth-order valence-corrected chi connectivity index (χ4v) is 2.23. The van der Waals surface area contributed by atoms with Crippen molar-refractivity contribution in [2.75, 3.05) is 12.4 Å². The number of methoxy groups -OCH3 is 1. The van der Waals surface area contributed by atoms with E-state index in [4.69, 9.17) is 0 Å². The predicted molar refractivity (Wildman–Crippen MR) is 80.8 cm³/mol. The molecule has 1 N–H and O–H groups in total. The van der Waals surface area contributed by atoms with E-state index in [0.717, 1.165) is 23.9 Å². The summed E-state index contributed by atoms with van der Waals surface area (Å²) in [5, 5.41) is 7.28. The van der Waals surface area contributed by atoms with Crippen molar-refractivity contribution in [1.29, 1.82) is 0 Å². The molecule has 0 aromatic carbocycles. The van der Waals surface area contributed by atoms with Crippen LogP contribution in [0, 0.1) is 0 Å². The number of nitrogens with one attached hydrogen (secondary N) is 1. The molecular weight excluding hydrogens is 326 g/mol. The van der Waals surface area contributed by atoms with Crippen molar-refractivity contribution in [2.24, 2.45) is 0 Å². The lowest BCUT2D eigenvalue weighted by Gasteiger charge is -2.18. The standard InChI is InChI=1S/C13H20BrN3O3/c1-4-6-9(5-2)16-10-7-15-17(8-11(18)20-3)13(19)12(10)14/h7,9,16H,4-6,8H2,1-3H3. The Hall–Kier alpha value is -1.37. The van der Waals surface area contributed by atoms with Gasteiger partial charge in [-0.2, -0.15) is 5.10 Å². The molecular formula is C13H20BrN3O3. The number of halogens is 1. The highest BCUT2D eigenvalue weighted by Crippen LogP contribution is 2.19. The van der Waals surface area contributed by atoms with E-state index in [1.807, 2.05) is 0 Å². The molecule has 0 saturated carbocycles. The Bertz CT molecular complexity index is 516. The van der Waals surface area contributed by atoms with Crippen LogP contribution in [-0.2, 0) is 16.1 Å². The smallest absolute Gasteiger partial charge is 0.327 e. The first-order valence-electron chi connectivity index (χ1n) is 6.62. The van der Waals surface area contributed by atoms with Gasteiger partial charge in [0.2, 0.25) is 0 Å². The molecule has 1 heterocycles. The second-order valence-corrected chi connectivity index (χ2v) is 5.24. The van der Waals surface area contributed by atoms with E-state index >= 15 is 0 Å². The zero-order valence-corrected chi connectivity index (χ0v) is 13.6. The highest BCUT2D eigenvalue weighted by molar-refractivity contribution is 9.10. The fraction of sp³-hybridized carbons (Fsp3) is 0.615. The molecule has 0 fully saturated rings. The van der Waals surface area contributed by atoms with E-state index in [-0.39, 0.29) is 12.1 Å². The highest BCUT2D eigenvalue weighted by Gasteiger charge is 2.14. The predicted octanol–water partition coefficient (Wildman–Crippen LogP) is 2.17. The number of rotatable bonds is 7. The summed E-state index contributed by atoms with van der Waals surface area (Å²) < 4.78 is 5.98. The average molecular weight is 346 g/mol. The first-order valence-corrected chi connectivity index (χ1v) is 7.41. The van der Waals surface area contributed by atoms with Crippen molar-refractivity contribution >= 4 is 27.6 Å². The number of nitrogens with zero attached hydrogens (tertiary/aromatic N) is 2. The summed E-state index contributed by atoms with van der Waals surface area (Å²) in [7, 11) is 1.27. The van der Waals surface area contributed by atoms with E-state index in [1.54, 1.807) is 6.20 Å². The van der Waals surface area contributed by atoms with Gasteiger partial charge in [0.15, 0.2) is 0 Å². The average Bonchev–Trinajstić information content (AvgIpc) is 2.45. The highest BCUT2D eigenvalue weighted by atomic mass is 79.9. The lowest BCUT2D eigenvalue weighted by Crippen LogP contribution is -2.29. The number of carbonyl (C=O) groups excluding carboxylic acids is 1. The van der Waals surface area contributed by atoms with Crippen LogP contribution in [0.2, 0.25) is 0 Å². The van der Waals surface area contributed by atoms with Crippen LogP contribution >= 0.6 is 15.9 Å². The largest absolute Gasteiger partial charge is 0.468 e. The summed E-state index contributed by atoms with van der Waals surface area (Å²) in [5.41, 5.74) is 0.295. The molecule has 0 saturated heterocycles. The Morgan fingerprint density at radius 2 is 2.25 bits per heavy atom. The van der Waals surface area contributed by atoms with E-state index in [2.05, 4.69) is 44.9 Å². The van der Waals surface area contributed by atoms with Crippen molar-refractivity contribution in [3.8, 4) is 0 Å². The fourth-order valence-electron chi connectivity index (χ4n) is 1.81. The van der Waals surface area contributed by atoms with Crippen LogP contribution in [0.25, 0.3) is 0 Å². The van der Waals surface area contributed by atoms with Crippen LogP contribution < -0.4 is 10.9 Å². The monoisotopic (exact) mass is 345 g/mol. The molecule has 0 bridgehead atoms. The quantitative estimate of drug-likeness (QED) is 0.766. The number of hydrogen-bond acceptors (Lipinski definition) is 5. The van der Waals surface area contributed by atoms with Gasteiger partial charge in [0, 0.05) is 6.04 Å². The Kier molecular flexibility index (Phi) is 6.70. The zero-order chi connectivity index (χ0) is 15.1. The van der Waals surface area contributed by atoms with Crippen LogP contribution in [-0.4, -0.2) is 28.9 Å². The van der Waals surface area contributed by atoms with Gasteiger partial charge in [-0.25, -0.2) is 4.68 Å². The molecule has 0 amide bonds. The first kappa shape index (κ1) is 16.7. The Balaban J connectivity index is 2.94. The van der Waals surface area contributed by atoms with Crippen molar-refractivity contribution in [1.82, 2.24) is 9.78 Å². The van der Waals surface area contributed by atoms with Gasteiger partial charge in [-0.1, -0.05) is 20.3 Å². The Labute approximate surface area is 126 Å². The van der Waals surface area contributed by atoms with Gasteiger partial charge in [-0.15, -0.1) is 0 Å². The third kappa shape index (κ3) is 4.33. The maximum atomic E-state index is 12.1. The SMILES string of the molecule is CCCC(CC)Nc1cnn(CC(=O)OC)c(=O)c1Br. The van der Waals surface area contributed by atoms with Gasteiger partial charge in [-0.05, 0) is 28.8 Å². The summed E-state index contributed by atoms with van der Waals surface area (Å²) in [6.07, 6.45) is 4.60. The van der Waals surface area contributed by atoms with Crippen LogP contribution in [0.15, 0.2) is 15.5 Å². The molecule has 1 aromatic rings. The lowest BCUT2D eigenvalue weighted by molar-refractivity contribution is -0.141. The molecule has 20 heavy (non-hydrogen) atoms. The van der Waals surface area contributed by atoms with Crippen LogP contribution in [0.3, 0.4) is 0 Å². The number of carbonyl (C=O) groups is 1. The molecule has 0 aliphatic rings. The van der Waals surface area contributed by atoms with Crippen molar-refractivity contribution < 1.29 is 9.53 Å². The van der Waals surface area contributed by atoms with Gasteiger partial charge >= 0.3 is 5.97 Å². The molecule has 1 aromatic heterocycles. The maximum Gasteiger partial charge on any atom is 0.327 e. The molecule has 7 heteroatoms. The minimum absolute atomic E-state index is 0.194. The zero-order valence-electron chi connectivity index (χ0n) is 12.0. The summed E-state index contributed by atoms with van der Waals surface area (Å²) in [5.74, 6) is -0.510. The molecule has 112 valence electrons. The summed E-state index contributed by atoms with van der Waals surface area (Å²) >= 11 is 3.26. The summed E-state index contributed by atoms with van der Waals surface area (Å²) in [4.78, 5) is 23.3. The number of aromatic nitrogens is 2. The minimum atomic E-state index is -0.510. The molecule has 1 unspecified atom stereocenters. The minimum Gasteiger partial charge on any atom is -0.468 e. The third-order valence-electron chi connectivity index (χ3n) is 2.98. The van der Waals surface area contributed by atoms with Gasteiger partial charge in [0.25, 0.3) is 5.56 Å².